The van der Waals surface area contributed by atoms with E-state index in [1.807, 2.05) is 16.7 Å². The Bertz CT molecular complexity index is 1250. The molecule has 3 aromatic rings. The molecule has 6 nitrogen and oxygen atoms in total. The van der Waals surface area contributed by atoms with Crippen LogP contribution in [0.15, 0.2) is 22.1 Å². The number of halogens is 1. The Balaban J connectivity index is 1.39. The van der Waals surface area contributed by atoms with Crippen molar-refractivity contribution in [2.24, 2.45) is 0 Å². The zero-order valence-electron chi connectivity index (χ0n) is 17.5. The number of rotatable bonds is 5. The van der Waals surface area contributed by atoms with Crippen molar-refractivity contribution in [3.8, 4) is 5.75 Å². The average Bonchev–Trinajstić information content (AvgIpc) is 3.52. The second-order valence-electron chi connectivity index (χ2n) is 8.44. The lowest BCUT2D eigenvalue weighted by molar-refractivity contribution is -0.0168. The van der Waals surface area contributed by atoms with Crippen LogP contribution in [-0.2, 0) is 41.2 Å². The molecule has 1 fully saturated rings. The van der Waals surface area contributed by atoms with Gasteiger partial charge >= 0.3 is 0 Å². The lowest BCUT2D eigenvalue weighted by atomic mass is 10.1. The molecule has 0 radical (unpaired) electrons. The Morgan fingerprint density at radius 1 is 1.28 bits per heavy atom. The minimum atomic E-state index is 0.0670. The SMILES string of the molecule is O=c1c2c3c(sc2nc(SCc2cc(Cl)cc4c2OCOC4)n1CC1CCCO1)CCC3. The van der Waals surface area contributed by atoms with Crippen LogP contribution in [0.25, 0.3) is 10.2 Å². The number of ether oxygens (including phenoxy) is 3. The van der Waals surface area contributed by atoms with E-state index in [4.69, 9.17) is 30.8 Å². The van der Waals surface area contributed by atoms with Gasteiger partial charge in [-0.2, -0.15) is 0 Å². The Morgan fingerprint density at radius 3 is 3.09 bits per heavy atom. The van der Waals surface area contributed by atoms with Crippen molar-refractivity contribution in [3.05, 3.63) is 49.1 Å². The number of fused-ring (bicyclic) bond motifs is 4. The predicted molar refractivity (Wildman–Crippen MR) is 126 cm³/mol. The number of aromatic nitrogens is 2. The van der Waals surface area contributed by atoms with Gasteiger partial charge in [0, 0.05) is 33.4 Å². The van der Waals surface area contributed by atoms with Crippen LogP contribution in [0.3, 0.4) is 0 Å². The second-order valence-corrected chi connectivity index (χ2v) is 10.9. The summed E-state index contributed by atoms with van der Waals surface area (Å²) in [6.07, 6.45) is 5.25. The van der Waals surface area contributed by atoms with E-state index in [9.17, 15) is 4.79 Å². The molecule has 0 N–H and O–H groups in total. The molecule has 1 atom stereocenters. The van der Waals surface area contributed by atoms with Gasteiger partial charge in [0.15, 0.2) is 11.9 Å². The molecule has 0 spiro atoms. The molecular weight excluding hydrogens is 468 g/mol. The van der Waals surface area contributed by atoms with Crippen molar-refractivity contribution < 1.29 is 14.2 Å². The zero-order chi connectivity index (χ0) is 21.7. The van der Waals surface area contributed by atoms with E-state index in [0.29, 0.717) is 23.9 Å². The van der Waals surface area contributed by atoms with E-state index in [2.05, 4.69) is 0 Å². The van der Waals surface area contributed by atoms with Crippen LogP contribution in [0.5, 0.6) is 5.75 Å². The lowest BCUT2D eigenvalue weighted by Gasteiger charge is -2.21. The van der Waals surface area contributed by atoms with Crippen LogP contribution in [0, 0.1) is 0 Å². The molecule has 1 aromatic carbocycles. The largest absolute Gasteiger partial charge is 0.467 e. The van der Waals surface area contributed by atoms with Crippen LogP contribution >= 0.6 is 34.7 Å². The summed E-state index contributed by atoms with van der Waals surface area (Å²) in [5, 5.41) is 2.22. The standard InChI is InChI=1S/C23H23ClN2O4S2/c24-15-7-13-10-28-12-30-20(13)14(8-15)11-31-23-25-21-19(17-4-1-5-18(17)32-21)22(27)26(23)9-16-3-2-6-29-16/h7-8,16H,1-6,9-12H2. The summed E-state index contributed by atoms with van der Waals surface area (Å²) in [6.45, 7) is 2.04. The fraction of sp³-hybridized carbons (Fsp3) is 0.478. The van der Waals surface area contributed by atoms with Crippen molar-refractivity contribution in [1.82, 2.24) is 9.55 Å². The first kappa shape index (κ1) is 21.0. The fourth-order valence-corrected chi connectivity index (χ4v) is 7.37. The Hall–Kier alpha value is -1.58. The molecule has 2 aromatic heterocycles. The van der Waals surface area contributed by atoms with Gasteiger partial charge < -0.3 is 14.2 Å². The monoisotopic (exact) mass is 490 g/mol. The van der Waals surface area contributed by atoms with E-state index in [0.717, 1.165) is 71.0 Å². The van der Waals surface area contributed by atoms with Gasteiger partial charge in [-0.3, -0.25) is 9.36 Å². The minimum Gasteiger partial charge on any atom is -0.467 e. The van der Waals surface area contributed by atoms with Gasteiger partial charge in [0.05, 0.1) is 24.6 Å². The van der Waals surface area contributed by atoms with Crippen molar-refractivity contribution in [3.63, 3.8) is 0 Å². The van der Waals surface area contributed by atoms with Crippen LogP contribution in [0.2, 0.25) is 5.02 Å². The van der Waals surface area contributed by atoms with Crippen molar-refractivity contribution >= 4 is 44.9 Å². The number of thiophene rings is 1. The van der Waals surface area contributed by atoms with Gasteiger partial charge in [-0.1, -0.05) is 23.4 Å². The van der Waals surface area contributed by atoms with Gasteiger partial charge in [-0.15, -0.1) is 11.3 Å². The normalized spacial score (nSPS) is 19.8. The number of benzene rings is 1. The van der Waals surface area contributed by atoms with E-state index in [1.54, 1.807) is 23.1 Å². The molecule has 4 heterocycles. The van der Waals surface area contributed by atoms with Gasteiger partial charge in [0.2, 0.25) is 0 Å². The Morgan fingerprint density at radius 2 is 2.22 bits per heavy atom. The number of nitrogens with zero attached hydrogens (tertiary/aromatic N) is 2. The molecule has 1 unspecified atom stereocenters. The summed E-state index contributed by atoms with van der Waals surface area (Å²) in [5.74, 6) is 1.44. The maximum atomic E-state index is 13.7. The first-order chi connectivity index (χ1) is 15.7. The molecule has 1 saturated heterocycles. The quantitative estimate of drug-likeness (QED) is 0.373. The van der Waals surface area contributed by atoms with E-state index in [1.165, 1.54) is 10.4 Å². The molecule has 0 bridgehead atoms. The Kier molecular flexibility index (Phi) is 5.67. The zero-order valence-corrected chi connectivity index (χ0v) is 19.9. The van der Waals surface area contributed by atoms with Gasteiger partial charge in [-0.25, -0.2) is 4.98 Å². The highest BCUT2D eigenvalue weighted by Crippen LogP contribution is 2.38. The maximum absolute atomic E-state index is 13.7. The van der Waals surface area contributed by atoms with Crippen molar-refractivity contribution in [2.45, 2.75) is 62.3 Å². The van der Waals surface area contributed by atoms with Crippen LogP contribution in [0.1, 0.15) is 40.8 Å². The summed E-state index contributed by atoms with van der Waals surface area (Å²) < 4.78 is 18.9. The minimum absolute atomic E-state index is 0.0670. The molecule has 0 saturated carbocycles. The summed E-state index contributed by atoms with van der Waals surface area (Å²) in [6, 6.07) is 3.81. The van der Waals surface area contributed by atoms with Gasteiger partial charge in [-0.05, 0) is 49.8 Å². The molecule has 32 heavy (non-hydrogen) atoms. The van der Waals surface area contributed by atoms with Gasteiger partial charge in [0.25, 0.3) is 5.56 Å². The molecule has 9 heteroatoms. The first-order valence-corrected chi connectivity index (χ1v) is 13.2. The summed E-state index contributed by atoms with van der Waals surface area (Å²) in [5.41, 5.74) is 3.24. The summed E-state index contributed by atoms with van der Waals surface area (Å²) in [7, 11) is 0. The predicted octanol–water partition coefficient (Wildman–Crippen LogP) is 4.94. The number of hydrogen-bond acceptors (Lipinski definition) is 7. The second kappa shape index (κ2) is 8.65. The van der Waals surface area contributed by atoms with Gasteiger partial charge in [0.1, 0.15) is 10.6 Å². The molecule has 168 valence electrons. The smallest absolute Gasteiger partial charge is 0.263 e. The number of aryl methyl sites for hydroxylation is 2. The maximum Gasteiger partial charge on any atom is 0.263 e. The first-order valence-electron chi connectivity index (χ1n) is 11.0. The number of thioether (sulfide) groups is 1. The topological polar surface area (TPSA) is 62.6 Å². The van der Waals surface area contributed by atoms with E-state index in [-0.39, 0.29) is 18.5 Å². The molecule has 0 amide bonds. The van der Waals surface area contributed by atoms with E-state index >= 15 is 0 Å². The Labute approximate surface area is 198 Å². The third kappa shape index (κ3) is 3.76. The fourth-order valence-electron chi connectivity index (χ4n) is 4.83. The number of hydrogen-bond donors (Lipinski definition) is 0. The summed E-state index contributed by atoms with van der Waals surface area (Å²) >= 11 is 9.59. The van der Waals surface area contributed by atoms with Crippen LogP contribution in [0.4, 0.5) is 0 Å². The van der Waals surface area contributed by atoms with E-state index < -0.39 is 0 Å². The highest BCUT2D eigenvalue weighted by atomic mass is 35.5. The highest BCUT2D eigenvalue weighted by Gasteiger charge is 2.26. The summed E-state index contributed by atoms with van der Waals surface area (Å²) in [4.78, 5) is 20.8. The van der Waals surface area contributed by atoms with Crippen molar-refractivity contribution in [2.75, 3.05) is 13.4 Å². The van der Waals surface area contributed by atoms with Crippen LogP contribution < -0.4 is 10.3 Å². The van der Waals surface area contributed by atoms with Crippen LogP contribution in [-0.4, -0.2) is 29.1 Å². The highest BCUT2D eigenvalue weighted by molar-refractivity contribution is 7.98. The average molecular weight is 491 g/mol. The van der Waals surface area contributed by atoms with Crippen molar-refractivity contribution in [1.29, 1.82) is 0 Å². The lowest BCUT2D eigenvalue weighted by Crippen LogP contribution is -2.28. The molecule has 3 aliphatic rings. The molecular formula is C23H23ClN2O4S2. The molecule has 6 rings (SSSR count). The molecule has 2 aliphatic heterocycles. The molecule has 1 aliphatic carbocycles. The third-order valence-corrected chi connectivity index (χ3v) is 8.74. The third-order valence-electron chi connectivity index (χ3n) is 6.31.